The number of rotatable bonds is 9. The van der Waals surface area contributed by atoms with E-state index in [-0.39, 0.29) is 17.1 Å². The maximum absolute atomic E-state index is 7.75. The summed E-state index contributed by atoms with van der Waals surface area (Å²) in [6.07, 6.45) is 4.29. The Kier molecular flexibility index (Phi) is 18.2. The molecule has 1 aliphatic rings. The molecular formula is C36H38MnN3O3P-4. The first-order valence-electron chi connectivity index (χ1n) is 13.7. The molecule has 0 N–H and O–H groups in total. The molecule has 0 bridgehead atoms. The van der Waals surface area contributed by atoms with Crippen molar-refractivity contribution in [3.05, 3.63) is 144 Å². The maximum atomic E-state index is 7.75. The molecule has 0 fully saturated rings. The monoisotopic (exact) mass is 646 g/mol. The van der Waals surface area contributed by atoms with Gasteiger partial charge < -0.3 is 29.5 Å². The maximum Gasteiger partial charge on any atom is 0.103 e. The molecule has 1 heterocycles. The molecular weight excluding hydrogens is 608 g/mol. The Bertz CT molecular complexity index is 1360. The average molecular weight is 647 g/mol. The van der Waals surface area contributed by atoms with E-state index in [1.807, 2.05) is 0 Å². The topological polar surface area (TPSA) is 71.8 Å². The summed E-state index contributed by atoms with van der Waals surface area (Å²) in [6, 6.07) is 35.3. The summed E-state index contributed by atoms with van der Waals surface area (Å²) in [7, 11) is -1.10. The number of anilines is 1. The Morgan fingerprint density at radius 2 is 1.20 bits per heavy atom. The van der Waals surface area contributed by atoms with Gasteiger partial charge in [-0.25, -0.2) is 0 Å². The van der Waals surface area contributed by atoms with Crippen molar-refractivity contribution < 1.29 is 31.5 Å². The van der Waals surface area contributed by atoms with Crippen molar-refractivity contribution in [3.63, 3.8) is 0 Å². The zero-order valence-corrected chi connectivity index (χ0v) is 27.4. The van der Waals surface area contributed by atoms with Gasteiger partial charge in [0.2, 0.25) is 0 Å². The molecule has 0 spiro atoms. The van der Waals surface area contributed by atoms with Crippen LogP contribution in [0.15, 0.2) is 109 Å². The van der Waals surface area contributed by atoms with Gasteiger partial charge in [-0.15, -0.1) is 13.1 Å². The number of benzene rings is 4. The molecule has 0 aliphatic carbocycles. The molecule has 4 aromatic rings. The molecule has 0 unspecified atom stereocenters. The number of carbonyl (C=O) groups excluding carboxylic acids is 3. The van der Waals surface area contributed by atoms with E-state index in [0.29, 0.717) is 0 Å². The van der Waals surface area contributed by atoms with Crippen LogP contribution in [-0.4, -0.2) is 38.4 Å². The molecule has 4 aromatic carbocycles. The van der Waals surface area contributed by atoms with Gasteiger partial charge in [0.1, 0.15) is 15.9 Å². The van der Waals surface area contributed by atoms with Gasteiger partial charge in [0.05, 0.1) is 7.92 Å². The summed E-state index contributed by atoms with van der Waals surface area (Å²) < 4.78 is 0. The Morgan fingerprint density at radius 3 is 1.75 bits per heavy atom. The van der Waals surface area contributed by atoms with Crippen LogP contribution in [0.25, 0.3) is 5.32 Å². The van der Waals surface area contributed by atoms with E-state index in [9.17, 15) is 0 Å². The first-order chi connectivity index (χ1) is 21.1. The summed E-state index contributed by atoms with van der Waals surface area (Å²) in [4.78, 5) is 27.7. The van der Waals surface area contributed by atoms with E-state index in [0.717, 1.165) is 19.6 Å². The zero-order valence-electron chi connectivity index (χ0n) is 25.3. The van der Waals surface area contributed by atoms with Crippen LogP contribution in [0.4, 0.5) is 5.69 Å². The van der Waals surface area contributed by atoms with Crippen molar-refractivity contribution in [1.82, 2.24) is 4.90 Å². The first-order valence-corrected chi connectivity index (χ1v) is 15.2. The van der Waals surface area contributed by atoms with Crippen LogP contribution < -0.4 is 20.8 Å². The normalized spacial score (nSPS) is 11.3. The first kappa shape index (κ1) is 38.2. The molecule has 0 aromatic heterocycles. The Balaban J connectivity index is 0.00000130. The smallest absolute Gasteiger partial charge is 0.103 e. The van der Waals surface area contributed by atoms with Crippen LogP contribution >= 0.6 is 7.92 Å². The molecule has 0 amide bonds. The van der Waals surface area contributed by atoms with E-state index in [1.54, 1.807) is 0 Å². The molecule has 44 heavy (non-hydrogen) atoms. The molecule has 1 radical (unpaired) electrons. The van der Waals surface area contributed by atoms with Gasteiger partial charge >= 0.3 is 0 Å². The third-order valence-corrected chi connectivity index (χ3v) is 9.64. The number of aryl methyl sites for hydroxylation is 3. The third-order valence-electron chi connectivity index (χ3n) is 6.80. The van der Waals surface area contributed by atoms with Gasteiger partial charge in [-0.3, -0.25) is 20.4 Å². The fourth-order valence-electron chi connectivity index (χ4n) is 5.21. The van der Waals surface area contributed by atoms with Gasteiger partial charge in [-0.05, 0) is 86.7 Å². The predicted octanol–water partition coefficient (Wildman–Crippen LogP) is 5.56. The quantitative estimate of drug-likeness (QED) is 0.0783. The molecule has 1 aliphatic heterocycles. The summed E-state index contributed by atoms with van der Waals surface area (Å²) in [5, 5.41) is 9.23. The number of hydrogen-bond acceptors (Lipinski definition) is 5. The fourth-order valence-corrected chi connectivity index (χ4v) is 7.97. The van der Waals surface area contributed by atoms with Crippen molar-refractivity contribution >= 4 is 49.9 Å². The molecule has 5 rings (SSSR count). The van der Waals surface area contributed by atoms with E-state index in [1.165, 1.54) is 43.9 Å². The molecule has 6 nitrogen and oxygen atoms in total. The molecule has 0 saturated carbocycles. The van der Waals surface area contributed by atoms with Crippen LogP contribution in [-0.2, 0) is 38.0 Å². The SMILES string of the molecule is Cc1cc(C)c(N2C=CN(CC[N-]Cc3ccccc3[PH+](c3ccccc3)c3ccccc3)[CH-]2)c(C)c1.[CH-]=O.[CH-]=O.[CH-]=O.[Mn]. The average Bonchev–Trinajstić information content (AvgIpc) is 3.52. The van der Waals surface area contributed by atoms with E-state index in [4.69, 9.17) is 19.7 Å². The summed E-state index contributed by atoms with van der Waals surface area (Å²) in [5.74, 6) is 0. The van der Waals surface area contributed by atoms with Crippen molar-refractivity contribution in [1.29, 1.82) is 0 Å². The Hall–Kier alpha value is -3.86. The molecule has 0 saturated heterocycles. The van der Waals surface area contributed by atoms with Gasteiger partial charge in [0, 0.05) is 22.8 Å². The second-order valence-corrected chi connectivity index (χ2v) is 12.1. The minimum absolute atomic E-state index is 0. The summed E-state index contributed by atoms with van der Waals surface area (Å²) in [6.45, 7) is 20.9. The summed E-state index contributed by atoms with van der Waals surface area (Å²) >= 11 is 0. The minimum Gasteiger partial charge on any atom is -0.657 e. The number of nitrogens with zero attached hydrogens (tertiary/aromatic N) is 3. The van der Waals surface area contributed by atoms with Crippen LogP contribution in [0.3, 0.4) is 0 Å². The largest absolute Gasteiger partial charge is 0.657 e. The predicted molar refractivity (Wildman–Crippen MR) is 182 cm³/mol. The van der Waals surface area contributed by atoms with Crippen LogP contribution in [0.5, 0.6) is 0 Å². The van der Waals surface area contributed by atoms with Gasteiger partial charge in [0.25, 0.3) is 0 Å². The minimum atomic E-state index is -1.10. The Morgan fingerprint density at radius 1 is 0.705 bits per heavy atom. The van der Waals surface area contributed by atoms with Crippen molar-refractivity contribution in [3.8, 4) is 0 Å². The number of hydrogen-bond donors (Lipinski definition) is 0. The summed E-state index contributed by atoms with van der Waals surface area (Å²) in [5.41, 5.74) is 6.51. The van der Waals surface area contributed by atoms with E-state index < -0.39 is 7.92 Å². The van der Waals surface area contributed by atoms with Crippen LogP contribution in [0.1, 0.15) is 22.3 Å². The second-order valence-electron chi connectivity index (χ2n) is 9.68. The third kappa shape index (κ3) is 10.4. The van der Waals surface area contributed by atoms with Crippen LogP contribution in [0.2, 0.25) is 0 Å². The van der Waals surface area contributed by atoms with Gasteiger partial charge in [-0.2, -0.15) is 6.67 Å². The fraction of sp³-hybridized carbons (Fsp3) is 0.167. The van der Waals surface area contributed by atoms with Gasteiger partial charge in [0.15, 0.2) is 0 Å². The van der Waals surface area contributed by atoms with Gasteiger partial charge in [-0.1, -0.05) is 72.3 Å². The zero-order chi connectivity index (χ0) is 31.6. The van der Waals surface area contributed by atoms with E-state index >= 15 is 0 Å². The van der Waals surface area contributed by atoms with Crippen LogP contribution in [0, 0.1) is 27.4 Å². The molecule has 0 atom stereocenters. The molecule has 8 heteroatoms. The van der Waals surface area contributed by atoms with Crippen molar-refractivity contribution in [2.45, 2.75) is 27.3 Å². The van der Waals surface area contributed by atoms with Crippen molar-refractivity contribution in [2.75, 3.05) is 18.0 Å². The van der Waals surface area contributed by atoms with Crippen molar-refractivity contribution in [2.24, 2.45) is 0 Å². The molecule has 231 valence electrons. The van der Waals surface area contributed by atoms with E-state index in [2.05, 4.69) is 167 Å². The standard InChI is InChI=1S/C33H34N3P.3CHO.Mn/c1-26-22-27(2)33(28(3)23-26)36-21-20-35(25-36)19-18-34-24-29-12-10-11-17-32(29)37(30-13-6-4-7-14-30)31-15-8-5-9-16-31;3*1-2;/h4-17,20-23,25H,18-19,24H2,1-3H3;3*1H;/q-2;3*-1;/p+1. The Labute approximate surface area is 274 Å². The second kappa shape index (κ2) is 20.9.